The minimum absolute atomic E-state index is 0.00377. The number of amides is 1. The summed E-state index contributed by atoms with van der Waals surface area (Å²) in [5, 5.41) is 9.52. The zero-order valence-electron chi connectivity index (χ0n) is 16.9. The van der Waals surface area contributed by atoms with Crippen molar-refractivity contribution in [3.05, 3.63) is 63.1 Å². The summed E-state index contributed by atoms with van der Waals surface area (Å²) in [6, 6.07) is 9.72. The maximum Gasteiger partial charge on any atom is 0.416 e. The van der Waals surface area contributed by atoms with E-state index in [1.165, 1.54) is 18.2 Å². The Kier molecular flexibility index (Phi) is 6.73. The molecule has 3 rings (SSSR count). The Balaban J connectivity index is 2.06. The zero-order valence-corrected chi connectivity index (χ0v) is 18.4. The summed E-state index contributed by atoms with van der Waals surface area (Å²) in [5.74, 6) is -0.0631. The molecule has 164 valence electrons. The van der Waals surface area contributed by atoms with Crippen LogP contribution in [0.4, 0.5) is 18.9 Å². The summed E-state index contributed by atoms with van der Waals surface area (Å²) in [5.41, 5.74) is -0.00137. The lowest BCUT2D eigenvalue weighted by Gasteiger charge is -2.32. The van der Waals surface area contributed by atoms with Gasteiger partial charge in [0.25, 0.3) is 0 Å². The molecule has 0 aliphatic carbocycles. The normalized spacial score (nSPS) is 16.7. The number of likely N-dealkylation sites (tertiary alicyclic amines) is 1. The highest BCUT2D eigenvalue weighted by Gasteiger charge is 2.38. The molecule has 1 aliphatic heterocycles. The topological polar surface area (TPSA) is 47.3 Å². The predicted molar refractivity (Wildman–Crippen MR) is 114 cm³/mol. The first-order valence-electron chi connectivity index (χ1n) is 9.62. The van der Waals surface area contributed by atoms with Gasteiger partial charge in [0, 0.05) is 36.3 Å². The fourth-order valence-electron chi connectivity index (χ4n) is 3.78. The van der Waals surface area contributed by atoms with Crippen LogP contribution in [-0.4, -0.2) is 29.4 Å². The molecule has 0 saturated carbocycles. The largest absolute Gasteiger partial charge is 0.416 e. The van der Waals surface area contributed by atoms with Crippen molar-refractivity contribution < 1.29 is 18.0 Å². The second-order valence-corrected chi connectivity index (χ2v) is 8.54. The van der Waals surface area contributed by atoms with E-state index < -0.39 is 11.7 Å². The molecule has 1 heterocycles. The molecule has 0 bridgehead atoms. The summed E-state index contributed by atoms with van der Waals surface area (Å²) in [6.45, 7) is 4.03. The number of hydrogen-bond acceptors (Lipinski definition) is 3. The second-order valence-electron chi connectivity index (χ2n) is 7.70. The SMILES string of the molecule is CC(C)N1C[C@@H](N(Cc2cc(Cl)ccc2C(F)(F)F)c2ccc(C#N)c(Cl)c2)CC1=O. The third-order valence-electron chi connectivity index (χ3n) is 5.32. The molecule has 0 radical (unpaired) electrons. The first-order chi connectivity index (χ1) is 14.5. The van der Waals surface area contributed by atoms with Gasteiger partial charge in [0.05, 0.1) is 22.2 Å². The van der Waals surface area contributed by atoms with Crippen molar-refractivity contribution in [1.82, 2.24) is 4.90 Å². The Morgan fingerprint density at radius 1 is 1.23 bits per heavy atom. The third-order valence-corrected chi connectivity index (χ3v) is 5.87. The lowest BCUT2D eigenvalue weighted by atomic mass is 10.0. The van der Waals surface area contributed by atoms with Crippen molar-refractivity contribution in [2.75, 3.05) is 11.4 Å². The Morgan fingerprint density at radius 3 is 2.48 bits per heavy atom. The molecule has 0 unspecified atom stereocenters. The van der Waals surface area contributed by atoms with Crippen LogP contribution < -0.4 is 4.90 Å². The molecule has 1 aliphatic rings. The van der Waals surface area contributed by atoms with Crippen molar-refractivity contribution >= 4 is 34.8 Å². The molecule has 1 fully saturated rings. The number of benzene rings is 2. The zero-order chi connectivity index (χ0) is 22.9. The van der Waals surface area contributed by atoms with Crippen molar-refractivity contribution in [2.24, 2.45) is 0 Å². The molecule has 0 N–H and O–H groups in total. The van der Waals surface area contributed by atoms with Crippen molar-refractivity contribution in [3.8, 4) is 6.07 Å². The molecule has 2 aromatic rings. The molecular formula is C22H20Cl2F3N3O. The van der Waals surface area contributed by atoms with Gasteiger partial charge in [-0.25, -0.2) is 0 Å². The van der Waals surface area contributed by atoms with Crippen LogP contribution in [0.25, 0.3) is 0 Å². The monoisotopic (exact) mass is 469 g/mol. The molecule has 9 heteroatoms. The molecule has 0 spiro atoms. The second kappa shape index (κ2) is 8.97. The summed E-state index contributed by atoms with van der Waals surface area (Å²) in [7, 11) is 0. The Labute approximate surface area is 188 Å². The van der Waals surface area contributed by atoms with Crippen LogP contribution in [0.5, 0.6) is 0 Å². The molecule has 1 amide bonds. The Morgan fingerprint density at radius 2 is 1.94 bits per heavy atom. The minimum atomic E-state index is -4.55. The summed E-state index contributed by atoms with van der Waals surface area (Å²) < 4.78 is 40.9. The van der Waals surface area contributed by atoms with E-state index in [1.54, 1.807) is 21.9 Å². The van der Waals surface area contributed by atoms with Crippen LogP contribution in [0.15, 0.2) is 36.4 Å². The smallest absolute Gasteiger partial charge is 0.362 e. The summed E-state index contributed by atoms with van der Waals surface area (Å²) in [4.78, 5) is 15.9. The number of carbonyl (C=O) groups excluding carboxylic acids is 1. The van der Waals surface area contributed by atoms with E-state index in [2.05, 4.69) is 0 Å². The molecule has 2 aromatic carbocycles. The molecule has 31 heavy (non-hydrogen) atoms. The Bertz CT molecular complexity index is 1030. The van der Waals surface area contributed by atoms with Gasteiger partial charge in [0.15, 0.2) is 0 Å². The van der Waals surface area contributed by atoms with Crippen molar-refractivity contribution in [2.45, 2.75) is 45.1 Å². The maximum absolute atomic E-state index is 13.6. The number of carbonyl (C=O) groups is 1. The molecule has 4 nitrogen and oxygen atoms in total. The van der Waals surface area contributed by atoms with Crippen LogP contribution in [0.3, 0.4) is 0 Å². The first kappa shape index (κ1) is 23.2. The average Bonchev–Trinajstić information content (AvgIpc) is 3.06. The van der Waals surface area contributed by atoms with Gasteiger partial charge >= 0.3 is 6.18 Å². The van der Waals surface area contributed by atoms with Gasteiger partial charge in [0.1, 0.15) is 6.07 Å². The first-order valence-corrected chi connectivity index (χ1v) is 10.4. The van der Waals surface area contributed by atoms with Gasteiger partial charge in [-0.15, -0.1) is 0 Å². The quantitative estimate of drug-likeness (QED) is 0.547. The minimum Gasteiger partial charge on any atom is -0.362 e. The fourth-order valence-corrected chi connectivity index (χ4v) is 4.19. The van der Waals surface area contributed by atoms with Gasteiger partial charge < -0.3 is 9.80 Å². The summed E-state index contributed by atoms with van der Waals surface area (Å²) in [6.07, 6.45) is -4.39. The van der Waals surface area contributed by atoms with Gasteiger partial charge in [0.2, 0.25) is 5.91 Å². The van der Waals surface area contributed by atoms with Crippen LogP contribution >= 0.6 is 23.2 Å². The van der Waals surface area contributed by atoms with Crippen LogP contribution in [-0.2, 0) is 17.5 Å². The van der Waals surface area contributed by atoms with E-state index >= 15 is 0 Å². The number of alkyl halides is 3. The van der Waals surface area contributed by atoms with E-state index in [-0.39, 0.29) is 52.1 Å². The van der Waals surface area contributed by atoms with E-state index in [0.29, 0.717) is 12.2 Å². The molecule has 1 atom stereocenters. The highest BCUT2D eigenvalue weighted by atomic mass is 35.5. The summed E-state index contributed by atoms with van der Waals surface area (Å²) >= 11 is 12.2. The van der Waals surface area contributed by atoms with Gasteiger partial charge in [-0.3, -0.25) is 4.79 Å². The van der Waals surface area contributed by atoms with E-state index in [9.17, 15) is 18.0 Å². The number of anilines is 1. The van der Waals surface area contributed by atoms with Crippen LogP contribution in [0.2, 0.25) is 10.0 Å². The van der Waals surface area contributed by atoms with Gasteiger partial charge in [-0.05, 0) is 55.8 Å². The molecule has 1 saturated heterocycles. The van der Waals surface area contributed by atoms with E-state index in [1.807, 2.05) is 19.9 Å². The maximum atomic E-state index is 13.6. The van der Waals surface area contributed by atoms with E-state index in [0.717, 1.165) is 6.07 Å². The van der Waals surface area contributed by atoms with Gasteiger partial charge in [-0.1, -0.05) is 23.2 Å². The van der Waals surface area contributed by atoms with Gasteiger partial charge in [-0.2, -0.15) is 18.4 Å². The molecular weight excluding hydrogens is 450 g/mol. The standard InChI is InChI=1S/C22H20Cl2F3N3O/c1-13(2)29-12-18(9-21(29)31)30(17-5-3-14(10-28)20(24)8-17)11-15-7-16(23)4-6-19(15)22(25,26)27/h3-8,13,18H,9,11-12H2,1-2H3/t18-/m0/s1. The van der Waals surface area contributed by atoms with Crippen molar-refractivity contribution in [3.63, 3.8) is 0 Å². The number of hydrogen-bond donors (Lipinski definition) is 0. The number of nitrogens with zero attached hydrogens (tertiary/aromatic N) is 3. The highest BCUT2D eigenvalue weighted by Crippen LogP contribution is 2.36. The van der Waals surface area contributed by atoms with Crippen LogP contribution in [0.1, 0.15) is 37.0 Å². The van der Waals surface area contributed by atoms with Crippen LogP contribution in [0, 0.1) is 11.3 Å². The number of nitriles is 1. The highest BCUT2D eigenvalue weighted by molar-refractivity contribution is 6.32. The predicted octanol–water partition coefficient (Wildman–Crippen LogP) is 5.90. The third kappa shape index (κ3) is 5.08. The Hall–Kier alpha value is -2.43. The molecule has 0 aromatic heterocycles. The lowest BCUT2D eigenvalue weighted by Crippen LogP contribution is -2.39. The van der Waals surface area contributed by atoms with Crippen molar-refractivity contribution in [1.29, 1.82) is 5.26 Å². The fraction of sp³-hybridized carbons (Fsp3) is 0.364. The number of halogens is 5. The number of rotatable bonds is 5. The lowest BCUT2D eigenvalue weighted by molar-refractivity contribution is -0.138. The average molecular weight is 470 g/mol. The van der Waals surface area contributed by atoms with E-state index in [4.69, 9.17) is 28.5 Å².